The number of aliphatic hydroxyl groups excluding tert-OH is 2. The van der Waals surface area contributed by atoms with Gasteiger partial charge in [-0.05, 0) is 17.7 Å². The molecule has 7 nitrogen and oxygen atoms in total. The number of aliphatic hydroxyl groups is 2. The van der Waals surface area contributed by atoms with Crippen LogP contribution in [0.25, 0.3) is 0 Å². The first-order chi connectivity index (χ1) is 9.81. The van der Waals surface area contributed by atoms with E-state index < -0.39 is 42.4 Å². The fraction of sp³-hybridized carbons (Fsp3) is 0.385. The maximum Gasteiger partial charge on any atom is 0.249 e. The van der Waals surface area contributed by atoms with E-state index in [2.05, 4.69) is 0 Å². The second-order valence-corrected chi connectivity index (χ2v) is 4.49. The summed E-state index contributed by atoms with van der Waals surface area (Å²) in [6.07, 6.45) is -5.41. The topological polar surface area (TPSA) is 136 Å². The van der Waals surface area contributed by atoms with Crippen LogP contribution in [0.5, 0.6) is 0 Å². The molecule has 1 aromatic carbocycles. The van der Waals surface area contributed by atoms with Crippen molar-refractivity contribution in [2.75, 3.05) is 0 Å². The molecule has 1 rings (SSSR count). The molecular weight excluding hydrogens is 283 g/mol. The van der Waals surface area contributed by atoms with Crippen LogP contribution < -0.4 is 11.5 Å². The van der Waals surface area contributed by atoms with Crippen LogP contribution >= 0.6 is 0 Å². The van der Waals surface area contributed by atoms with Crippen molar-refractivity contribution in [1.29, 1.82) is 0 Å². The number of amides is 2. The van der Waals surface area contributed by atoms with Crippen molar-refractivity contribution in [3.8, 4) is 0 Å². The van der Waals surface area contributed by atoms with Crippen molar-refractivity contribution >= 4 is 11.8 Å². The van der Waals surface area contributed by atoms with Gasteiger partial charge >= 0.3 is 0 Å². The third-order valence-corrected chi connectivity index (χ3v) is 2.71. The molecule has 8 heteroatoms. The second kappa shape index (κ2) is 7.67. The minimum atomic E-state index is -1.72. The summed E-state index contributed by atoms with van der Waals surface area (Å²) >= 11 is 0. The summed E-state index contributed by atoms with van der Waals surface area (Å²) in [6, 6.07) is 5.42. The van der Waals surface area contributed by atoms with Gasteiger partial charge in [0, 0.05) is 0 Å². The molecule has 0 aliphatic rings. The minimum Gasteiger partial charge on any atom is -0.390 e. The fourth-order valence-electron chi connectivity index (χ4n) is 1.69. The van der Waals surface area contributed by atoms with Gasteiger partial charge in [0.1, 0.15) is 11.9 Å². The molecule has 0 fully saturated rings. The summed E-state index contributed by atoms with van der Waals surface area (Å²) in [5.74, 6) is -2.36. The molecule has 1 aromatic rings. The van der Waals surface area contributed by atoms with E-state index in [1.807, 2.05) is 0 Å². The highest BCUT2D eigenvalue weighted by molar-refractivity contribution is 5.80. The maximum atomic E-state index is 13.0. The Morgan fingerprint density at radius 1 is 1.29 bits per heavy atom. The lowest BCUT2D eigenvalue weighted by molar-refractivity contribution is -0.149. The van der Waals surface area contributed by atoms with Crippen LogP contribution in [0.2, 0.25) is 0 Å². The zero-order valence-electron chi connectivity index (χ0n) is 11.1. The van der Waals surface area contributed by atoms with Crippen LogP contribution in [0.15, 0.2) is 24.3 Å². The van der Waals surface area contributed by atoms with Crippen molar-refractivity contribution in [2.45, 2.75) is 31.3 Å². The Bertz CT molecular complexity index is 511. The molecule has 0 saturated carbocycles. The van der Waals surface area contributed by atoms with Crippen molar-refractivity contribution in [2.24, 2.45) is 11.5 Å². The highest BCUT2D eigenvalue weighted by Crippen LogP contribution is 2.12. The predicted molar refractivity (Wildman–Crippen MR) is 70.0 cm³/mol. The van der Waals surface area contributed by atoms with Crippen LogP contribution in [0.4, 0.5) is 4.39 Å². The number of benzene rings is 1. The Kier molecular flexibility index (Phi) is 6.22. The summed E-state index contributed by atoms with van der Waals surface area (Å²) in [5, 5.41) is 19.3. The van der Waals surface area contributed by atoms with Crippen molar-refractivity contribution in [1.82, 2.24) is 0 Å². The first-order valence-electron chi connectivity index (χ1n) is 6.11. The molecule has 0 aliphatic heterocycles. The van der Waals surface area contributed by atoms with Crippen LogP contribution in [0.1, 0.15) is 12.0 Å². The predicted octanol–water partition coefficient (Wildman–Crippen LogP) is -1.21. The van der Waals surface area contributed by atoms with E-state index in [9.17, 15) is 24.2 Å². The highest BCUT2D eigenvalue weighted by atomic mass is 19.1. The highest BCUT2D eigenvalue weighted by Gasteiger charge is 2.32. The van der Waals surface area contributed by atoms with Gasteiger partial charge < -0.3 is 26.4 Å². The third-order valence-electron chi connectivity index (χ3n) is 2.71. The Balaban J connectivity index is 2.69. The molecule has 0 saturated heterocycles. The van der Waals surface area contributed by atoms with Gasteiger partial charge in [-0.1, -0.05) is 12.1 Å². The van der Waals surface area contributed by atoms with E-state index in [4.69, 9.17) is 16.2 Å². The Morgan fingerprint density at radius 3 is 2.48 bits per heavy atom. The van der Waals surface area contributed by atoms with Crippen molar-refractivity contribution in [3.63, 3.8) is 0 Å². The van der Waals surface area contributed by atoms with Gasteiger partial charge in [0.05, 0.1) is 19.1 Å². The zero-order valence-corrected chi connectivity index (χ0v) is 11.1. The Hall–Kier alpha value is -2.03. The second-order valence-electron chi connectivity index (χ2n) is 4.49. The molecule has 6 N–H and O–H groups in total. The lowest BCUT2D eigenvalue weighted by atomic mass is 10.0. The first-order valence-corrected chi connectivity index (χ1v) is 6.11. The van der Waals surface area contributed by atoms with Gasteiger partial charge in [0.25, 0.3) is 0 Å². The molecule has 0 heterocycles. The molecule has 0 aromatic heterocycles. The van der Waals surface area contributed by atoms with Crippen LogP contribution in [0.3, 0.4) is 0 Å². The van der Waals surface area contributed by atoms with Gasteiger partial charge in [0.15, 0.2) is 6.10 Å². The molecule has 0 bridgehead atoms. The summed E-state index contributed by atoms with van der Waals surface area (Å²) in [6.45, 7) is -0.203. The first kappa shape index (κ1) is 17.0. The smallest absolute Gasteiger partial charge is 0.249 e. The van der Waals surface area contributed by atoms with Crippen molar-refractivity contribution < 1.29 is 28.9 Å². The Labute approximate surface area is 120 Å². The van der Waals surface area contributed by atoms with E-state index in [0.29, 0.717) is 5.56 Å². The number of carbonyl (C=O) groups is 2. The largest absolute Gasteiger partial charge is 0.390 e. The molecule has 0 radical (unpaired) electrons. The Morgan fingerprint density at radius 2 is 1.95 bits per heavy atom. The maximum absolute atomic E-state index is 13.0. The van der Waals surface area contributed by atoms with E-state index in [-0.39, 0.29) is 6.61 Å². The molecule has 21 heavy (non-hydrogen) atoms. The zero-order chi connectivity index (χ0) is 16.0. The van der Waals surface area contributed by atoms with E-state index in [1.165, 1.54) is 18.2 Å². The summed E-state index contributed by atoms with van der Waals surface area (Å²) < 4.78 is 18.1. The molecule has 0 spiro atoms. The molecule has 2 amide bonds. The van der Waals surface area contributed by atoms with Crippen molar-refractivity contribution in [3.05, 3.63) is 35.6 Å². The molecule has 3 unspecified atom stereocenters. The van der Waals surface area contributed by atoms with Crippen LogP contribution in [-0.2, 0) is 20.9 Å². The van der Waals surface area contributed by atoms with Gasteiger partial charge in [-0.25, -0.2) is 4.39 Å². The molecule has 116 valence electrons. The quantitative estimate of drug-likeness (QED) is 0.478. The number of nitrogens with two attached hydrogens (primary N) is 2. The van der Waals surface area contributed by atoms with Gasteiger partial charge in [0.2, 0.25) is 11.8 Å². The number of hydrogen-bond acceptors (Lipinski definition) is 5. The average molecular weight is 300 g/mol. The number of rotatable bonds is 8. The standard InChI is InChI=1S/C13H17FN2O5/c14-8-3-1-2-7(4-8)6-21-12(13(16)20)11(19)9(17)5-10(15)18/h1-4,9,11-12,17,19H,5-6H2,(H2,15,18)(H2,16,20). The minimum absolute atomic E-state index is 0.203. The van der Waals surface area contributed by atoms with Gasteiger partial charge in [-0.2, -0.15) is 0 Å². The molecule has 3 atom stereocenters. The molecule has 0 aliphatic carbocycles. The summed E-state index contributed by atoms with van der Waals surface area (Å²) in [5.41, 5.74) is 10.4. The van der Waals surface area contributed by atoms with Crippen LogP contribution in [-0.4, -0.2) is 40.3 Å². The van der Waals surface area contributed by atoms with Gasteiger partial charge in [-0.15, -0.1) is 0 Å². The number of halogens is 1. The van der Waals surface area contributed by atoms with E-state index >= 15 is 0 Å². The van der Waals surface area contributed by atoms with E-state index in [1.54, 1.807) is 6.07 Å². The summed E-state index contributed by atoms with van der Waals surface area (Å²) in [7, 11) is 0. The van der Waals surface area contributed by atoms with Gasteiger partial charge in [-0.3, -0.25) is 9.59 Å². The number of hydrogen-bond donors (Lipinski definition) is 4. The lowest BCUT2D eigenvalue weighted by Gasteiger charge is -2.24. The monoisotopic (exact) mass is 300 g/mol. The lowest BCUT2D eigenvalue weighted by Crippen LogP contribution is -2.48. The molecular formula is C13H17FN2O5. The van der Waals surface area contributed by atoms with E-state index in [0.717, 1.165) is 0 Å². The van der Waals surface area contributed by atoms with Crippen LogP contribution in [0, 0.1) is 5.82 Å². The fourth-order valence-corrected chi connectivity index (χ4v) is 1.69. The number of ether oxygens (including phenoxy) is 1. The average Bonchev–Trinajstić information content (AvgIpc) is 2.37. The third kappa shape index (κ3) is 5.46. The summed E-state index contributed by atoms with van der Waals surface area (Å²) in [4.78, 5) is 21.9. The normalized spacial score (nSPS) is 15.2. The number of carbonyl (C=O) groups excluding carboxylic acids is 2. The SMILES string of the molecule is NC(=O)CC(O)C(O)C(OCc1cccc(F)c1)C(N)=O. The number of primary amides is 2.